The zero-order chi connectivity index (χ0) is 22.9. The van der Waals surface area contributed by atoms with Crippen molar-refractivity contribution >= 4 is 17.8 Å². The van der Waals surface area contributed by atoms with E-state index in [1.54, 1.807) is 60.7 Å². The van der Waals surface area contributed by atoms with Crippen LogP contribution in [0.15, 0.2) is 77.9 Å². The molecule has 2 N–H and O–H groups in total. The summed E-state index contributed by atoms with van der Waals surface area (Å²) >= 11 is 0. The maximum atomic E-state index is 12.0. The summed E-state index contributed by atoms with van der Waals surface area (Å²) < 4.78 is 11.1. The molecule has 0 aliphatic carbocycles. The number of methoxy groups -OCH3 is 1. The van der Waals surface area contributed by atoms with Gasteiger partial charge in [0, 0.05) is 12.1 Å². The van der Waals surface area contributed by atoms with Crippen molar-refractivity contribution in [1.29, 1.82) is 0 Å². The highest BCUT2D eigenvalue weighted by molar-refractivity contribution is 5.85. The van der Waals surface area contributed by atoms with Crippen LogP contribution < -0.4 is 14.9 Å². The first kappa shape index (κ1) is 22.4. The van der Waals surface area contributed by atoms with Gasteiger partial charge in [-0.3, -0.25) is 14.9 Å². The van der Waals surface area contributed by atoms with E-state index < -0.39 is 16.9 Å². The van der Waals surface area contributed by atoms with Crippen LogP contribution in [0.25, 0.3) is 0 Å². The summed E-state index contributed by atoms with van der Waals surface area (Å²) in [6.07, 6.45) is 0.0937. The number of aliphatic hydroxyl groups excluding tert-OH is 1. The van der Waals surface area contributed by atoms with Gasteiger partial charge in [0.1, 0.15) is 6.61 Å². The molecule has 9 nitrogen and oxygen atoms in total. The van der Waals surface area contributed by atoms with E-state index >= 15 is 0 Å². The molecule has 1 amide bonds. The molecule has 3 aromatic rings. The zero-order valence-electron chi connectivity index (χ0n) is 17.2. The summed E-state index contributed by atoms with van der Waals surface area (Å²) in [4.78, 5) is 22.3. The number of nitrogens with one attached hydrogen (secondary N) is 1. The second-order valence-corrected chi connectivity index (χ2v) is 6.67. The standard InChI is InChI=1S/C23H21N3O6/c1-31-21-13-17(14-24-25-23(28)22(27)18-5-3-2-4-6-18)9-12-20(21)32-15-16-7-10-19(11-8-16)26(29)30/h2-14,22,27H,15H2,1H3,(H,25,28)/b24-14-/t22-/m0/s1. The van der Waals surface area contributed by atoms with Gasteiger partial charge in [0.05, 0.1) is 18.2 Å². The van der Waals surface area contributed by atoms with E-state index in [9.17, 15) is 20.0 Å². The number of non-ortho nitro benzene ring substituents is 1. The Balaban J connectivity index is 1.59. The third kappa shape index (κ3) is 5.89. The van der Waals surface area contributed by atoms with Crippen LogP contribution in [0.2, 0.25) is 0 Å². The molecular weight excluding hydrogens is 414 g/mol. The highest BCUT2D eigenvalue weighted by Gasteiger charge is 2.16. The van der Waals surface area contributed by atoms with Crippen molar-refractivity contribution in [3.05, 3.63) is 99.6 Å². The number of hydrogen-bond donors (Lipinski definition) is 2. The Morgan fingerprint density at radius 2 is 1.84 bits per heavy atom. The lowest BCUT2D eigenvalue weighted by Gasteiger charge is -2.11. The fourth-order valence-electron chi connectivity index (χ4n) is 2.78. The summed E-state index contributed by atoms with van der Waals surface area (Å²) in [5.41, 5.74) is 4.19. The molecule has 0 heterocycles. The molecule has 0 saturated heterocycles. The summed E-state index contributed by atoms with van der Waals surface area (Å²) in [7, 11) is 1.49. The van der Waals surface area contributed by atoms with Crippen LogP contribution in [0, 0.1) is 10.1 Å². The minimum atomic E-state index is -1.32. The Kier molecular flexibility index (Phi) is 7.50. The lowest BCUT2D eigenvalue weighted by atomic mass is 10.1. The van der Waals surface area contributed by atoms with E-state index in [-0.39, 0.29) is 12.3 Å². The van der Waals surface area contributed by atoms with Crippen LogP contribution in [0.3, 0.4) is 0 Å². The lowest BCUT2D eigenvalue weighted by Crippen LogP contribution is -2.25. The first-order valence-corrected chi connectivity index (χ1v) is 9.58. The SMILES string of the molecule is COc1cc(/C=N\NC(=O)[C@@H](O)c2ccccc2)ccc1OCc1ccc([N+](=O)[O-])cc1. The number of carbonyl (C=O) groups is 1. The number of nitro groups is 1. The molecule has 0 bridgehead atoms. The molecule has 0 unspecified atom stereocenters. The monoisotopic (exact) mass is 435 g/mol. The average Bonchev–Trinajstić information content (AvgIpc) is 2.83. The van der Waals surface area contributed by atoms with Gasteiger partial charge < -0.3 is 14.6 Å². The minimum Gasteiger partial charge on any atom is -0.493 e. The normalized spacial score (nSPS) is 11.7. The van der Waals surface area contributed by atoms with E-state index in [0.717, 1.165) is 5.56 Å². The highest BCUT2D eigenvalue weighted by atomic mass is 16.6. The Bertz CT molecular complexity index is 1100. The zero-order valence-corrected chi connectivity index (χ0v) is 17.2. The summed E-state index contributed by atoms with van der Waals surface area (Å²) in [6, 6.07) is 19.7. The molecule has 9 heteroatoms. The van der Waals surface area contributed by atoms with Gasteiger partial charge in [-0.1, -0.05) is 30.3 Å². The fourth-order valence-corrected chi connectivity index (χ4v) is 2.78. The third-order valence-electron chi connectivity index (χ3n) is 4.48. The quantitative estimate of drug-likeness (QED) is 0.302. The Morgan fingerprint density at radius 1 is 1.12 bits per heavy atom. The molecule has 1 atom stereocenters. The van der Waals surface area contributed by atoms with Crippen LogP contribution in [0.1, 0.15) is 22.8 Å². The maximum absolute atomic E-state index is 12.0. The van der Waals surface area contributed by atoms with Crippen molar-refractivity contribution in [2.75, 3.05) is 7.11 Å². The van der Waals surface area contributed by atoms with Crippen LogP contribution >= 0.6 is 0 Å². The van der Waals surface area contributed by atoms with Gasteiger partial charge in [-0.15, -0.1) is 0 Å². The molecule has 0 aliphatic rings. The van der Waals surface area contributed by atoms with E-state index in [1.165, 1.54) is 25.5 Å². The molecule has 0 spiro atoms. The topological polar surface area (TPSA) is 123 Å². The number of aliphatic hydroxyl groups is 1. The van der Waals surface area contributed by atoms with Gasteiger partial charge in [-0.05, 0) is 47.0 Å². The number of carbonyl (C=O) groups excluding carboxylic acids is 1. The van der Waals surface area contributed by atoms with E-state index in [4.69, 9.17) is 9.47 Å². The number of ether oxygens (including phenoxy) is 2. The Labute approximate surface area is 184 Å². The van der Waals surface area contributed by atoms with Crippen LogP contribution in [-0.2, 0) is 11.4 Å². The van der Waals surface area contributed by atoms with Crippen molar-refractivity contribution in [2.45, 2.75) is 12.7 Å². The van der Waals surface area contributed by atoms with Gasteiger partial charge in [0.25, 0.3) is 11.6 Å². The third-order valence-corrected chi connectivity index (χ3v) is 4.48. The first-order chi connectivity index (χ1) is 15.5. The summed E-state index contributed by atoms with van der Waals surface area (Å²) in [5.74, 6) is 0.278. The Hall–Kier alpha value is -4.24. The van der Waals surface area contributed by atoms with Gasteiger partial charge in [-0.25, -0.2) is 5.43 Å². The molecular formula is C23H21N3O6. The number of rotatable bonds is 9. The Morgan fingerprint density at radius 3 is 2.50 bits per heavy atom. The van der Waals surface area contributed by atoms with Crippen LogP contribution in [0.4, 0.5) is 5.69 Å². The molecule has 3 aromatic carbocycles. The van der Waals surface area contributed by atoms with Crippen molar-refractivity contribution in [3.8, 4) is 11.5 Å². The number of nitrogens with zero attached hydrogens (tertiary/aromatic N) is 2. The second kappa shape index (κ2) is 10.7. The molecule has 0 aliphatic heterocycles. The van der Waals surface area contributed by atoms with E-state index in [2.05, 4.69) is 10.5 Å². The molecule has 0 fully saturated rings. The lowest BCUT2D eigenvalue weighted by molar-refractivity contribution is -0.384. The van der Waals surface area contributed by atoms with Gasteiger partial charge in [0.2, 0.25) is 0 Å². The van der Waals surface area contributed by atoms with E-state index in [1.807, 2.05) is 0 Å². The first-order valence-electron chi connectivity index (χ1n) is 9.58. The number of nitro benzene ring substituents is 1. The molecule has 0 saturated carbocycles. The van der Waals surface area contributed by atoms with Gasteiger partial charge >= 0.3 is 0 Å². The summed E-state index contributed by atoms with van der Waals surface area (Å²) in [5, 5.41) is 24.6. The van der Waals surface area contributed by atoms with Gasteiger partial charge in [-0.2, -0.15) is 5.10 Å². The number of amides is 1. The molecule has 0 radical (unpaired) electrons. The van der Waals surface area contributed by atoms with Crippen molar-refractivity contribution in [3.63, 3.8) is 0 Å². The average molecular weight is 435 g/mol. The molecule has 3 rings (SSSR count). The smallest absolute Gasteiger partial charge is 0.273 e. The predicted molar refractivity (Wildman–Crippen MR) is 118 cm³/mol. The minimum absolute atomic E-state index is 0.0124. The van der Waals surface area contributed by atoms with E-state index in [0.29, 0.717) is 22.6 Å². The van der Waals surface area contributed by atoms with Crippen molar-refractivity contribution < 1.29 is 24.3 Å². The molecule has 0 aromatic heterocycles. The van der Waals surface area contributed by atoms with Gasteiger partial charge in [0.15, 0.2) is 17.6 Å². The molecule has 32 heavy (non-hydrogen) atoms. The fraction of sp³-hybridized carbons (Fsp3) is 0.130. The molecule has 164 valence electrons. The second-order valence-electron chi connectivity index (χ2n) is 6.67. The highest BCUT2D eigenvalue weighted by Crippen LogP contribution is 2.28. The number of hydrogen-bond acceptors (Lipinski definition) is 7. The number of hydrazone groups is 1. The van der Waals surface area contributed by atoms with Crippen molar-refractivity contribution in [2.24, 2.45) is 5.10 Å². The predicted octanol–water partition coefficient (Wildman–Crippen LogP) is 3.37. The summed E-state index contributed by atoms with van der Waals surface area (Å²) in [6.45, 7) is 0.204. The number of benzene rings is 3. The van der Waals surface area contributed by atoms with Crippen molar-refractivity contribution in [1.82, 2.24) is 5.43 Å². The van der Waals surface area contributed by atoms with Crippen LogP contribution in [0.5, 0.6) is 11.5 Å². The maximum Gasteiger partial charge on any atom is 0.273 e. The van der Waals surface area contributed by atoms with Crippen LogP contribution in [-0.4, -0.2) is 29.3 Å². The largest absolute Gasteiger partial charge is 0.493 e.